The lowest BCUT2D eigenvalue weighted by Crippen LogP contribution is -1.72. The Morgan fingerprint density at radius 1 is 1.55 bits per heavy atom. The molecule has 1 heteroatoms. The van der Waals surface area contributed by atoms with Crippen molar-refractivity contribution in [2.24, 2.45) is 0 Å². The second-order valence-electron chi connectivity index (χ2n) is 2.94. The zero-order valence-electron chi connectivity index (χ0n) is 6.59. The first-order chi connectivity index (χ1) is 5.36. The van der Waals surface area contributed by atoms with Crippen molar-refractivity contribution in [2.75, 3.05) is 0 Å². The molecule has 0 aliphatic heterocycles. The van der Waals surface area contributed by atoms with Crippen molar-refractivity contribution in [1.82, 2.24) is 4.98 Å². The molecule has 1 aliphatic rings. The van der Waals surface area contributed by atoms with Gasteiger partial charge in [-0.3, -0.25) is 0 Å². The predicted octanol–water partition coefficient (Wildman–Crippen LogP) is 3.08. The van der Waals surface area contributed by atoms with Gasteiger partial charge in [0.05, 0.1) is 0 Å². The zero-order valence-corrected chi connectivity index (χ0v) is 6.59. The highest BCUT2D eigenvalue weighted by Gasteiger charge is 2.00. The Labute approximate surface area is 67.9 Å². The summed E-state index contributed by atoms with van der Waals surface area (Å²) < 4.78 is 0. The molecule has 0 aromatic carbocycles. The van der Waals surface area contributed by atoms with Crippen molar-refractivity contribution in [3.63, 3.8) is 0 Å². The van der Waals surface area contributed by atoms with Crippen LogP contribution in [0.5, 0.6) is 0 Å². The number of aromatic amines is 1. The average molecular weight is 147 g/mol. The topological polar surface area (TPSA) is 15.8 Å². The molecule has 0 atom stereocenters. The van der Waals surface area contributed by atoms with Crippen molar-refractivity contribution >= 4 is 12.2 Å². The Hall–Kier alpha value is -1.24. The highest BCUT2D eigenvalue weighted by atomic mass is 14.7. The summed E-state index contributed by atoms with van der Waals surface area (Å²) >= 11 is 0. The SMILES string of the molecule is CC1=Cc2cc[nH]c2C=CC1.[HH]. The number of hydrogen-bond donors (Lipinski definition) is 1. The van der Waals surface area contributed by atoms with Gasteiger partial charge in [-0.25, -0.2) is 0 Å². The molecule has 11 heavy (non-hydrogen) atoms. The van der Waals surface area contributed by atoms with E-state index in [9.17, 15) is 0 Å². The maximum Gasteiger partial charge on any atom is 0.0450 e. The average Bonchev–Trinajstić information content (AvgIpc) is 2.31. The third-order valence-electron chi connectivity index (χ3n) is 1.94. The standard InChI is InChI=1S/C10H11N.H2/c1-8-3-2-4-10-9(7-8)5-6-11-10;/h2,4-7,11H,3H2,1H3;1H. The molecule has 1 nitrogen and oxygen atoms in total. The second kappa shape index (κ2) is 2.42. The Balaban J connectivity index is 0.000000720. The molecular formula is C10H13N. The van der Waals surface area contributed by atoms with Gasteiger partial charge in [-0.1, -0.05) is 17.7 Å². The van der Waals surface area contributed by atoms with Crippen LogP contribution in [0.15, 0.2) is 23.9 Å². The number of allylic oxidation sites excluding steroid dienone is 2. The van der Waals surface area contributed by atoms with E-state index in [2.05, 4.69) is 36.2 Å². The predicted molar refractivity (Wildman–Crippen MR) is 50.2 cm³/mol. The molecule has 1 heterocycles. The summed E-state index contributed by atoms with van der Waals surface area (Å²) in [6.07, 6.45) is 9.61. The number of rotatable bonds is 0. The van der Waals surface area contributed by atoms with Crippen LogP contribution in [-0.2, 0) is 0 Å². The van der Waals surface area contributed by atoms with Gasteiger partial charge in [0.15, 0.2) is 0 Å². The van der Waals surface area contributed by atoms with Crippen LogP contribution in [-0.4, -0.2) is 4.98 Å². The summed E-state index contributed by atoms with van der Waals surface area (Å²) in [5.74, 6) is 0. The van der Waals surface area contributed by atoms with Crippen molar-refractivity contribution in [3.8, 4) is 0 Å². The minimum atomic E-state index is 0. The van der Waals surface area contributed by atoms with E-state index in [0.29, 0.717) is 0 Å². The molecule has 0 fully saturated rings. The van der Waals surface area contributed by atoms with Gasteiger partial charge in [0, 0.05) is 13.3 Å². The summed E-state index contributed by atoms with van der Waals surface area (Å²) in [5, 5.41) is 0. The van der Waals surface area contributed by atoms with Gasteiger partial charge in [0.2, 0.25) is 0 Å². The summed E-state index contributed by atoms with van der Waals surface area (Å²) in [6, 6.07) is 2.11. The lowest BCUT2D eigenvalue weighted by atomic mass is 10.2. The first kappa shape index (κ1) is 6.47. The Bertz CT molecular complexity index is 320. The smallest absolute Gasteiger partial charge is 0.0450 e. The summed E-state index contributed by atoms with van der Waals surface area (Å²) in [5.41, 5.74) is 3.94. The van der Waals surface area contributed by atoms with E-state index in [1.807, 2.05) is 6.20 Å². The van der Waals surface area contributed by atoms with E-state index in [1.165, 1.54) is 16.8 Å². The molecule has 1 aliphatic carbocycles. The van der Waals surface area contributed by atoms with Crippen LogP contribution >= 0.6 is 0 Å². The minimum Gasteiger partial charge on any atom is -0.361 e. The lowest BCUT2D eigenvalue weighted by molar-refractivity contribution is 1.24. The van der Waals surface area contributed by atoms with Crippen LogP contribution in [0.3, 0.4) is 0 Å². The van der Waals surface area contributed by atoms with Crippen LogP contribution in [0, 0.1) is 0 Å². The monoisotopic (exact) mass is 147 g/mol. The largest absolute Gasteiger partial charge is 0.361 e. The van der Waals surface area contributed by atoms with Crippen molar-refractivity contribution < 1.29 is 1.43 Å². The van der Waals surface area contributed by atoms with Crippen molar-refractivity contribution in [3.05, 3.63) is 35.2 Å². The normalized spacial score (nSPS) is 15.5. The van der Waals surface area contributed by atoms with E-state index in [4.69, 9.17) is 0 Å². The Morgan fingerprint density at radius 2 is 2.45 bits per heavy atom. The number of fused-ring (bicyclic) bond motifs is 1. The molecule has 1 aromatic heterocycles. The second-order valence-corrected chi connectivity index (χ2v) is 2.94. The van der Waals surface area contributed by atoms with Gasteiger partial charge in [-0.2, -0.15) is 0 Å². The van der Waals surface area contributed by atoms with Gasteiger partial charge >= 0.3 is 0 Å². The van der Waals surface area contributed by atoms with Gasteiger partial charge in [-0.15, -0.1) is 0 Å². The molecule has 1 N–H and O–H groups in total. The minimum absolute atomic E-state index is 0. The number of H-pyrrole nitrogens is 1. The third-order valence-corrected chi connectivity index (χ3v) is 1.94. The van der Waals surface area contributed by atoms with Crippen LogP contribution in [0.2, 0.25) is 0 Å². The maximum absolute atomic E-state index is 3.19. The van der Waals surface area contributed by atoms with Crippen molar-refractivity contribution in [2.45, 2.75) is 13.3 Å². The molecule has 58 valence electrons. The molecular weight excluding hydrogens is 134 g/mol. The molecule has 0 amide bonds. The van der Waals surface area contributed by atoms with Gasteiger partial charge < -0.3 is 4.98 Å². The number of aromatic nitrogens is 1. The zero-order chi connectivity index (χ0) is 7.68. The fourth-order valence-electron chi connectivity index (χ4n) is 1.35. The Morgan fingerprint density at radius 3 is 3.36 bits per heavy atom. The molecule has 0 spiro atoms. The molecule has 0 radical (unpaired) electrons. The molecule has 0 bridgehead atoms. The molecule has 0 saturated heterocycles. The summed E-state index contributed by atoms with van der Waals surface area (Å²) in [4.78, 5) is 3.19. The fraction of sp³-hybridized carbons (Fsp3) is 0.200. The van der Waals surface area contributed by atoms with E-state index in [-0.39, 0.29) is 1.43 Å². The summed E-state index contributed by atoms with van der Waals surface area (Å²) in [6.45, 7) is 2.16. The van der Waals surface area contributed by atoms with E-state index in [1.54, 1.807) is 0 Å². The van der Waals surface area contributed by atoms with Crippen LogP contribution in [0.4, 0.5) is 0 Å². The Kier molecular flexibility index (Phi) is 1.42. The van der Waals surface area contributed by atoms with Gasteiger partial charge in [0.1, 0.15) is 0 Å². The first-order valence-corrected chi connectivity index (χ1v) is 3.87. The van der Waals surface area contributed by atoms with E-state index in [0.717, 1.165) is 6.42 Å². The van der Waals surface area contributed by atoms with Crippen molar-refractivity contribution in [1.29, 1.82) is 0 Å². The molecule has 0 unspecified atom stereocenters. The highest BCUT2D eigenvalue weighted by Crippen LogP contribution is 2.19. The van der Waals surface area contributed by atoms with Crippen LogP contribution in [0.25, 0.3) is 12.2 Å². The van der Waals surface area contributed by atoms with Crippen LogP contribution in [0.1, 0.15) is 26.0 Å². The van der Waals surface area contributed by atoms with E-state index >= 15 is 0 Å². The quantitative estimate of drug-likeness (QED) is 0.580. The van der Waals surface area contributed by atoms with Crippen LogP contribution < -0.4 is 0 Å². The van der Waals surface area contributed by atoms with E-state index < -0.39 is 0 Å². The van der Waals surface area contributed by atoms with Gasteiger partial charge in [0.25, 0.3) is 0 Å². The number of hydrogen-bond acceptors (Lipinski definition) is 0. The first-order valence-electron chi connectivity index (χ1n) is 3.87. The third kappa shape index (κ3) is 1.14. The lowest BCUT2D eigenvalue weighted by Gasteiger charge is -1.90. The summed E-state index contributed by atoms with van der Waals surface area (Å²) in [7, 11) is 0. The molecule has 1 aromatic rings. The molecule has 2 rings (SSSR count). The fourth-order valence-corrected chi connectivity index (χ4v) is 1.35. The number of nitrogens with one attached hydrogen (secondary N) is 1. The highest BCUT2D eigenvalue weighted by molar-refractivity contribution is 5.66. The molecule has 0 saturated carbocycles. The maximum atomic E-state index is 3.19. The van der Waals surface area contributed by atoms with Gasteiger partial charge in [-0.05, 0) is 31.1 Å².